The molecule has 0 unspecified atom stereocenters. The molecule has 0 heterocycles. The molecule has 2 aromatic carbocycles. The molecule has 0 N–H and O–H groups in total. The van der Waals surface area contributed by atoms with Crippen LogP contribution in [0.25, 0.3) is 6.08 Å². The van der Waals surface area contributed by atoms with Crippen molar-refractivity contribution >= 4 is 27.5 Å². The van der Waals surface area contributed by atoms with Gasteiger partial charge in [0.05, 0.1) is 19.1 Å². The molecular formula is C17H14ClNO4S. The van der Waals surface area contributed by atoms with Gasteiger partial charge in [0.25, 0.3) is 0 Å². The number of ether oxygens (including phenoxy) is 2. The van der Waals surface area contributed by atoms with Crippen molar-refractivity contribution in [1.82, 2.24) is 0 Å². The predicted octanol–water partition coefficient (Wildman–Crippen LogP) is 3.70. The van der Waals surface area contributed by atoms with E-state index in [1.807, 2.05) is 0 Å². The summed E-state index contributed by atoms with van der Waals surface area (Å²) in [5.74, 6) is 0.946. The first-order valence-electron chi connectivity index (χ1n) is 6.77. The van der Waals surface area contributed by atoms with Crippen LogP contribution in [0, 0.1) is 11.3 Å². The van der Waals surface area contributed by atoms with Crippen LogP contribution >= 0.6 is 11.6 Å². The van der Waals surface area contributed by atoms with Crippen molar-refractivity contribution in [2.24, 2.45) is 0 Å². The van der Waals surface area contributed by atoms with Crippen LogP contribution in [0.3, 0.4) is 0 Å². The summed E-state index contributed by atoms with van der Waals surface area (Å²) in [6.07, 6.45) is 1.28. The number of methoxy groups -OCH3 is 2. The fourth-order valence-electron chi connectivity index (χ4n) is 2.00. The van der Waals surface area contributed by atoms with Crippen molar-refractivity contribution in [3.63, 3.8) is 0 Å². The van der Waals surface area contributed by atoms with Gasteiger partial charge in [0.2, 0.25) is 9.84 Å². The normalized spacial score (nSPS) is 11.7. The molecule has 0 saturated heterocycles. The average molecular weight is 364 g/mol. The highest BCUT2D eigenvalue weighted by Crippen LogP contribution is 2.29. The Morgan fingerprint density at radius 2 is 1.71 bits per heavy atom. The first kappa shape index (κ1) is 17.9. The van der Waals surface area contributed by atoms with Crippen LogP contribution in [0.2, 0.25) is 5.02 Å². The number of allylic oxidation sites excluding steroid dienone is 1. The van der Waals surface area contributed by atoms with Crippen molar-refractivity contribution in [2.45, 2.75) is 4.90 Å². The molecule has 0 saturated carbocycles. The zero-order valence-corrected chi connectivity index (χ0v) is 14.6. The highest BCUT2D eigenvalue weighted by atomic mass is 35.5. The average Bonchev–Trinajstić information content (AvgIpc) is 2.59. The highest BCUT2D eigenvalue weighted by Gasteiger charge is 2.21. The summed E-state index contributed by atoms with van der Waals surface area (Å²) in [7, 11) is -0.960. The Hall–Kier alpha value is -2.49. The number of halogens is 1. The molecule has 7 heteroatoms. The molecule has 2 aromatic rings. The Kier molecular flexibility index (Phi) is 5.50. The second-order valence-electron chi connectivity index (χ2n) is 4.69. The molecule has 0 bridgehead atoms. The Morgan fingerprint density at radius 3 is 2.25 bits per heavy atom. The maximum atomic E-state index is 12.6. The minimum atomic E-state index is -3.93. The van der Waals surface area contributed by atoms with Crippen LogP contribution in [-0.2, 0) is 9.84 Å². The number of rotatable bonds is 5. The van der Waals surface area contributed by atoms with Crippen molar-refractivity contribution < 1.29 is 17.9 Å². The van der Waals surface area contributed by atoms with E-state index in [1.165, 1.54) is 44.6 Å². The van der Waals surface area contributed by atoms with Crippen molar-refractivity contribution in [3.8, 4) is 17.6 Å². The molecule has 0 aromatic heterocycles. The summed E-state index contributed by atoms with van der Waals surface area (Å²) in [5.41, 5.74) is 0.502. The number of nitriles is 1. The zero-order valence-electron chi connectivity index (χ0n) is 13.0. The molecule has 0 fully saturated rings. The summed E-state index contributed by atoms with van der Waals surface area (Å²) >= 11 is 5.77. The van der Waals surface area contributed by atoms with Crippen LogP contribution in [-0.4, -0.2) is 22.6 Å². The van der Waals surface area contributed by atoms with E-state index in [0.717, 1.165) is 0 Å². The van der Waals surface area contributed by atoms with Gasteiger partial charge in [0.15, 0.2) is 11.5 Å². The van der Waals surface area contributed by atoms with Gasteiger partial charge in [-0.15, -0.1) is 0 Å². The quantitative estimate of drug-likeness (QED) is 0.757. The number of hydrogen-bond acceptors (Lipinski definition) is 5. The molecule has 24 heavy (non-hydrogen) atoms. The first-order chi connectivity index (χ1) is 11.4. The van der Waals surface area contributed by atoms with Crippen LogP contribution in [0.5, 0.6) is 11.5 Å². The fourth-order valence-corrected chi connectivity index (χ4v) is 3.29. The molecular weight excluding hydrogens is 350 g/mol. The maximum absolute atomic E-state index is 12.6. The molecule has 5 nitrogen and oxygen atoms in total. The van der Waals surface area contributed by atoms with Gasteiger partial charge >= 0.3 is 0 Å². The molecule has 2 rings (SSSR count). The monoisotopic (exact) mass is 363 g/mol. The molecule has 0 aliphatic rings. The SMILES string of the molecule is COc1ccc(C=C(C#N)S(=O)(=O)c2ccc(Cl)cc2)cc1OC. The zero-order chi connectivity index (χ0) is 17.7. The van der Waals surface area contributed by atoms with Crippen LogP contribution in [0.15, 0.2) is 52.3 Å². The van der Waals surface area contributed by atoms with Crippen molar-refractivity contribution in [3.05, 3.63) is 58.0 Å². The van der Waals surface area contributed by atoms with E-state index in [0.29, 0.717) is 22.1 Å². The smallest absolute Gasteiger partial charge is 0.216 e. The second-order valence-corrected chi connectivity index (χ2v) is 7.05. The lowest BCUT2D eigenvalue weighted by Gasteiger charge is -2.08. The first-order valence-corrected chi connectivity index (χ1v) is 8.63. The van der Waals surface area contributed by atoms with Gasteiger partial charge in [0, 0.05) is 5.02 Å². The lowest BCUT2D eigenvalue weighted by molar-refractivity contribution is 0.355. The minimum Gasteiger partial charge on any atom is -0.493 e. The standard InChI is InChI=1S/C17H14ClNO4S/c1-22-16-8-3-12(10-17(16)23-2)9-15(11-19)24(20,21)14-6-4-13(18)5-7-14/h3-10H,1-2H3. The van der Waals surface area contributed by atoms with E-state index in [4.69, 9.17) is 21.1 Å². The number of nitrogens with zero attached hydrogens (tertiary/aromatic N) is 1. The van der Waals surface area contributed by atoms with E-state index in [1.54, 1.807) is 24.3 Å². The molecule has 0 radical (unpaired) electrons. The van der Waals surface area contributed by atoms with Gasteiger partial charge in [-0.25, -0.2) is 8.42 Å². The third-order valence-corrected chi connectivity index (χ3v) is 5.16. The maximum Gasteiger partial charge on any atom is 0.216 e. The molecule has 0 atom stereocenters. The number of sulfone groups is 1. The third kappa shape index (κ3) is 3.70. The lowest BCUT2D eigenvalue weighted by atomic mass is 10.2. The highest BCUT2D eigenvalue weighted by molar-refractivity contribution is 7.95. The summed E-state index contributed by atoms with van der Waals surface area (Å²) < 4.78 is 35.4. The predicted molar refractivity (Wildman–Crippen MR) is 91.8 cm³/mol. The van der Waals surface area contributed by atoms with Gasteiger partial charge in [-0.3, -0.25) is 0 Å². The van der Waals surface area contributed by atoms with Crippen LogP contribution in [0.4, 0.5) is 0 Å². The van der Waals surface area contributed by atoms with Gasteiger partial charge in [0.1, 0.15) is 11.0 Å². The molecule has 124 valence electrons. The number of benzene rings is 2. The number of hydrogen-bond donors (Lipinski definition) is 0. The summed E-state index contributed by atoms with van der Waals surface area (Å²) in [6.45, 7) is 0. The summed E-state index contributed by atoms with van der Waals surface area (Å²) in [6, 6.07) is 12.2. The fraction of sp³-hybridized carbons (Fsp3) is 0.118. The largest absolute Gasteiger partial charge is 0.493 e. The van der Waals surface area contributed by atoms with Gasteiger partial charge in [-0.2, -0.15) is 5.26 Å². The van der Waals surface area contributed by atoms with E-state index in [2.05, 4.69) is 0 Å². The van der Waals surface area contributed by atoms with Gasteiger partial charge in [-0.05, 0) is 48.0 Å². The van der Waals surface area contributed by atoms with E-state index in [9.17, 15) is 13.7 Å². The molecule has 0 aliphatic carbocycles. The Bertz CT molecular complexity index is 913. The summed E-state index contributed by atoms with van der Waals surface area (Å²) in [4.78, 5) is -0.378. The van der Waals surface area contributed by atoms with Crippen molar-refractivity contribution in [1.29, 1.82) is 5.26 Å². The Morgan fingerprint density at radius 1 is 1.08 bits per heavy atom. The molecule has 0 amide bonds. The van der Waals surface area contributed by atoms with E-state index >= 15 is 0 Å². The Labute approximate surface area is 145 Å². The topological polar surface area (TPSA) is 76.4 Å². The van der Waals surface area contributed by atoms with Crippen molar-refractivity contribution in [2.75, 3.05) is 14.2 Å². The Balaban J connectivity index is 2.49. The summed E-state index contributed by atoms with van der Waals surface area (Å²) in [5, 5.41) is 9.70. The van der Waals surface area contributed by atoms with Gasteiger partial charge in [-0.1, -0.05) is 17.7 Å². The molecule has 0 spiro atoms. The van der Waals surface area contributed by atoms with Gasteiger partial charge < -0.3 is 9.47 Å². The lowest BCUT2D eigenvalue weighted by Crippen LogP contribution is -2.03. The van der Waals surface area contributed by atoms with Crippen LogP contribution in [0.1, 0.15) is 5.56 Å². The molecule has 0 aliphatic heterocycles. The second kappa shape index (κ2) is 7.39. The third-order valence-electron chi connectivity index (χ3n) is 3.23. The minimum absolute atomic E-state index is 0.000164. The van der Waals surface area contributed by atoms with E-state index in [-0.39, 0.29) is 9.80 Å². The van der Waals surface area contributed by atoms with Crippen LogP contribution < -0.4 is 9.47 Å². The van der Waals surface area contributed by atoms with E-state index < -0.39 is 9.84 Å².